The van der Waals surface area contributed by atoms with Gasteiger partial charge >= 0.3 is 0 Å². The summed E-state index contributed by atoms with van der Waals surface area (Å²) >= 11 is 1.33. The average molecular weight is 302 g/mol. The number of carbonyl (C=O) groups is 1. The second kappa shape index (κ2) is 7.64. The molecule has 0 radical (unpaired) electrons. The van der Waals surface area contributed by atoms with Crippen LogP contribution in [0.4, 0.5) is 5.69 Å². The lowest BCUT2D eigenvalue weighted by atomic mass is 10.2. The van der Waals surface area contributed by atoms with Crippen LogP contribution >= 0.6 is 11.8 Å². The lowest BCUT2D eigenvalue weighted by Crippen LogP contribution is -2.24. The van der Waals surface area contributed by atoms with Crippen molar-refractivity contribution in [2.24, 2.45) is 0 Å². The van der Waals surface area contributed by atoms with E-state index in [1.807, 2.05) is 43.3 Å². The SMILES string of the molecule is CN(C)c1ccc(CNC(=O)CSc2ncccn2)cc1. The zero-order chi connectivity index (χ0) is 15.1. The zero-order valence-corrected chi connectivity index (χ0v) is 12.9. The van der Waals surface area contributed by atoms with Crippen LogP contribution in [-0.2, 0) is 11.3 Å². The van der Waals surface area contributed by atoms with Gasteiger partial charge in [0.05, 0.1) is 5.75 Å². The van der Waals surface area contributed by atoms with Crippen molar-refractivity contribution in [1.82, 2.24) is 15.3 Å². The Balaban J connectivity index is 1.76. The summed E-state index contributed by atoms with van der Waals surface area (Å²) in [6.45, 7) is 0.531. The molecule has 0 aliphatic carbocycles. The van der Waals surface area contributed by atoms with Gasteiger partial charge in [0.25, 0.3) is 0 Å². The minimum atomic E-state index is -0.0239. The molecule has 6 heteroatoms. The molecule has 1 aromatic carbocycles. The minimum absolute atomic E-state index is 0.0239. The Morgan fingerprint density at radius 3 is 2.48 bits per heavy atom. The second-order valence-corrected chi connectivity index (χ2v) is 5.60. The van der Waals surface area contributed by atoms with E-state index in [2.05, 4.69) is 15.3 Å². The van der Waals surface area contributed by atoms with Crippen LogP contribution in [-0.4, -0.2) is 35.7 Å². The number of aromatic nitrogens is 2. The van der Waals surface area contributed by atoms with Crippen molar-refractivity contribution < 1.29 is 4.79 Å². The first kappa shape index (κ1) is 15.3. The second-order valence-electron chi connectivity index (χ2n) is 4.66. The van der Waals surface area contributed by atoms with Crippen LogP contribution in [0, 0.1) is 0 Å². The molecule has 0 aliphatic heterocycles. The van der Waals surface area contributed by atoms with Crippen LogP contribution in [0.1, 0.15) is 5.56 Å². The zero-order valence-electron chi connectivity index (χ0n) is 12.1. The molecule has 0 saturated carbocycles. The summed E-state index contributed by atoms with van der Waals surface area (Å²) in [7, 11) is 4.00. The molecule has 0 bridgehead atoms. The van der Waals surface area contributed by atoms with Crippen molar-refractivity contribution in [3.05, 3.63) is 48.3 Å². The molecule has 1 aromatic heterocycles. The van der Waals surface area contributed by atoms with E-state index in [4.69, 9.17) is 0 Å². The van der Waals surface area contributed by atoms with Gasteiger partial charge in [-0.2, -0.15) is 0 Å². The summed E-state index contributed by atoms with van der Waals surface area (Å²) in [5, 5.41) is 3.50. The highest BCUT2D eigenvalue weighted by molar-refractivity contribution is 7.99. The Hall–Kier alpha value is -2.08. The standard InChI is InChI=1S/C15H18N4OS/c1-19(2)13-6-4-12(5-7-13)10-18-14(20)11-21-15-16-8-3-9-17-15/h3-9H,10-11H2,1-2H3,(H,18,20). The summed E-state index contributed by atoms with van der Waals surface area (Å²) < 4.78 is 0. The third kappa shape index (κ3) is 5.07. The van der Waals surface area contributed by atoms with E-state index in [9.17, 15) is 4.79 Å². The predicted octanol–water partition coefficient (Wildman–Crippen LogP) is 1.95. The molecule has 0 atom stereocenters. The maximum absolute atomic E-state index is 11.8. The van der Waals surface area contributed by atoms with Gasteiger partial charge in [0.15, 0.2) is 5.16 Å². The highest BCUT2D eigenvalue weighted by Crippen LogP contribution is 2.13. The van der Waals surface area contributed by atoms with E-state index in [1.54, 1.807) is 18.5 Å². The molecule has 0 saturated heterocycles. The monoisotopic (exact) mass is 302 g/mol. The molecule has 2 aromatic rings. The van der Waals surface area contributed by atoms with Crippen molar-refractivity contribution in [2.45, 2.75) is 11.7 Å². The molecular weight excluding hydrogens is 284 g/mol. The fourth-order valence-electron chi connectivity index (χ4n) is 1.65. The van der Waals surface area contributed by atoms with Gasteiger partial charge in [-0.3, -0.25) is 4.79 Å². The number of amides is 1. The lowest BCUT2D eigenvalue weighted by molar-refractivity contribution is -0.118. The number of anilines is 1. The molecule has 0 spiro atoms. The van der Waals surface area contributed by atoms with Gasteiger partial charge in [-0.1, -0.05) is 23.9 Å². The largest absolute Gasteiger partial charge is 0.378 e. The fourth-order valence-corrected chi connectivity index (χ4v) is 2.29. The van der Waals surface area contributed by atoms with Gasteiger partial charge in [0.2, 0.25) is 5.91 Å². The number of nitrogens with zero attached hydrogens (tertiary/aromatic N) is 3. The average Bonchev–Trinajstić information content (AvgIpc) is 2.52. The number of nitrogens with one attached hydrogen (secondary N) is 1. The maximum atomic E-state index is 11.8. The van der Waals surface area contributed by atoms with E-state index in [-0.39, 0.29) is 5.91 Å². The molecular formula is C15H18N4OS. The highest BCUT2D eigenvalue weighted by Gasteiger charge is 2.04. The minimum Gasteiger partial charge on any atom is -0.378 e. The van der Waals surface area contributed by atoms with Gasteiger partial charge in [0, 0.05) is 38.7 Å². The van der Waals surface area contributed by atoms with Gasteiger partial charge in [-0.25, -0.2) is 9.97 Å². The Labute approximate surface area is 128 Å². The van der Waals surface area contributed by atoms with Crippen molar-refractivity contribution in [3.63, 3.8) is 0 Å². The first-order valence-corrected chi connectivity index (χ1v) is 7.56. The Kier molecular flexibility index (Phi) is 5.57. The third-order valence-corrected chi connectivity index (χ3v) is 3.69. The first-order chi connectivity index (χ1) is 10.1. The van der Waals surface area contributed by atoms with Gasteiger partial charge in [-0.15, -0.1) is 0 Å². The molecule has 110 valence electrons. The summed E-state index contributed by atoms with van der Waals surface area (Å²) in [5.41, 5.74) is 2.22. The summed E-state index contributed by atoms with van der Waals surface area (Å²) in [5.74, 6) is 0.295. The number of hydrogen-bond acceptors (Lipinski definition) is 5. The molecule has 0 fully saturated rings. The summed E-state index contributed by atoms with van der Waals surface area (Å²) in [4.78, 5) is 21.9. The quantitative estimate of drug-likeness (QED) is 0.653. The maximum Gasteiger partial charge on any atom is 0.230 e. The highest BCUT2D eigenvalue weighted by atomic mass is 32.2. The van der Waals surface area contributed by atoms with Crippen molar-refractivity contribution in [2.75, 3.05) is 24.7 Å². The smallest absolute Gasteiger partial charge is 0.230 e. The van der Waals surface area contributed by atoms with Crippen molar-refractivity contribution >= 4 is 23.4 Å². The predicted molar refractivity (Wildman–Crippen MR) is 85.4 cm³/mol. The van der Waals surface area contributed by atoms with Crippen molar-refractivity contribution in [3.8, 4) is 0 Å². The summed E-state index contributed by atoms with van der Waals surface area (Å²) in [6.07, 6.45) is 3.33. The normalized spacial score (nSPS) is 10.2. The molecule has 1 N–H and O–H groups in total. The summed E-state index contributed by atoms with van der Waals surface area (Å²) in [6, 6.07) is 9.86. The number of rotatable bonds is 6. The topological polar surface area (TPSA) is 58.1 Å². The molecule has 5 nitrogen and oxygen atoms in total. The number of carbonyl (C=O) groups excluding carboxylic acids is 1. The number of thioether (sulfide) groups is 1. The van der Waals surface area contributed by atoms with Crippen LogP contribution in [0.25, 0.3) is 0 Å². The van der Waals surface area contributed by atoms with Crippen molar-refractivity contribution in [1.29, 1.82) is 0 Å². The van der Waals surface area contributed by atoms with Crippen LogP contribution in [0.5, 0.6) is 0 Å². The third-order valence-electron chi connectivity index (χ3n) is 2.82. The van der Waals surface area contributed by atoms with Crippen LogP contribution < -0.4 is 10.2 Å². The van der Waals surface area contributed by atoms with Gasteiger partial charge < -0.3 is 10.2 Å². The molecule has 21 heavy (non-hydrogen) atoms. The van der Waals surface area contributed by atoms with Gasteiger partial charge in [-0.05, 0) is 23.8 Å². The first-order valence-electron chi connectivity index (χ1n) is 6.58. The molecule has 1 heterocycles. The molecule has 1 amide bonds. The Morgan fingerprint density at radius 1 is 1.19 bits per heavy atom. The Bertz CT molecular complexity index is 572. The van der Waals surface area contributed by atoms with E-state index in [0.29, 0.717) is 17.5 Å². The lowest BCUT2D eigenvalue weighted by Gasteiger charge is -2.12. The molecule has 2 rings (SSSR count). The number of hydrogen-bond donors (Lipinski definition) is 1. The Morgan fingerprint density at radius 2 is 1.86 bits per heavy atom. The fraction of sp³-hybridized carbons (Fsp3) is 0.267. The van der Waals surface area contributed by atoms with E-state index in [1.165, 1.54) is 11.8 Å². The van der Waals surface area contributed by atoms with Crippen LogP contribution in [0.15, 0.2) is 47.9 Å². The van der Waals surface area contributed by atoms with E-state index >= 15 is 0 Å². The molecule has 0 unspecified atom stereocenters. The van der Waals surface area contributed by atoms with Crippen LogP contribution in [0.2, 0.25) is 0 Å². The van der Waals surface area contributed by atoms with E-state index in [0.717, 1.165) is 11.3 Å². The van der Waals surface area contributed by atoms with E-state index < -0.39 is 0 Å². The molecule has 0 aliphatic rings. The van der Waals surface area contributed by atoms with Gasteiger partial charge in [0.1, 0.15) is 0 Å². The number of benzene rings is 1. The van der Waals surface area contributed by atoms with Crippen LogP contribution in [0.3, 0.4) is 0 Å².